The highest BCUT2D eigenvalue weighted by Gasteiger charge is 2.04. The van der Waals surface area contributed by atoms with Gasteiger partial charge in [0.1, 0.15) is 11.5 Å². The van der Waals surface area contributed by atoms with E-state index in [0.29, 0.717) is 10.6 Å². The zero-order valence-electron chi connectivity index (χ0n) is 8.70. The number of aromatic nitrogens is 1. The normalized spacial score (nSPS) is 10.8. The van der Waals surface area contributed by atoms with Crippen LogP contribution in [0.2, 0.25) is 0 Å². The third-order valence-corrected chi connectivity index (χ3v) is 2.86. The minimum Gasteiger partial charge on any atom is -0.508 e. The minimum absolute atomic E-state index is 0.00555. The van der Waals surface area contributed by atoms with Crippen LogP contribution in [0.25, 0.3) is 6.08 Å². The van der Waals surface area contributed by atoms with E-state index in [4.69, 9.17) is 0 Å². The van der Waals surface area contributed by atoms with Gasteiger partial charge in [-0.2, -0.15) is 0 Å². The van der Waals surface area contributed by atoms with Crippen LogP contribution in [0.15, 0.2) is 35.9 Å². The summed E-state index contributed by atoms with van der Waals surface area (Å²) in [7, 11) is 0. The molecule has 0 aliphatic rings. The first kappa shape index (κ1) is 11.3. The lowest BCUT2D eigenvalue weighted by molar-refractivity contribution is 0.104. The van der Waals surface area contributed by atoms with Crippen LogP contribution in [0.5, 0.6) is 11.5 Å². The first-order valence-corrected chi connectivity index (χ1v) is 5.68. The Morgan fingerprint density at radius 2 is 2.18 bits per heavy atom. The summed E-state index contributed by atoms with van der Waals surface area (Å²) in [6.45, 7) is 0. The maximum Gasteiger partial charge on any atom is 0.214 e. The standard InChI is InChI=1S/C12H9NO3S/c14-9-2-4-10(15)8(7-9)1-3-11(16)12-13-5-6-17-12/h1-7,14-15H/b3-1+. The molecule has 1 heterocycles. The van der Waals surface area contributed by atoms with Gasteiger partial charge >= 0.3 is 0 Å². The van der Waals surface area contributed by atoms with Crippen LogP contribution >= 0.6 is 11.3 Å². The molecule has 17 heavy (non-hydrogen) atoms. The molecule has 86 valence electrons. The zero-order chi connectivity index (χ0) is 12.3. The van der Waals surface area contributed by atoms with E-state index >= 15 is 0 Å². The number of hydrogen-bond acceptors (Lipinski definition) is 5. The Bertz CT molecular complexity index is 561. The fourth-order valence-electron chi connectivity index (χ4n) is 1.26. The van der Waals surface area contributed by atoms with E-state index in [-0.39, 0.29) is 17.3 Å². The Hall–Kier alpha value is -2.14. The van der Waals surface area contributed by atoms with E-state index in [1.165, 1.54) is 41.7 Å². The largest absolute Gasteiger partial charge is 0.508 e. The summed E-state index contributed by atoms with van der Waals surface area (Å²) in [5, 5.41) is 20.8. The van der Waals surface area contributed by atoms with Crippen molar-refractivity contribution in [3.63, 3.8) is 0 Å². The van der Waals surface area contributed by atoms with E-state index in [9.17, 15) is 15.0 Å². The number of benzene rings is 1. The molecule has 2 rings (SSSR count). The highest BCUT2D eigenvalue weighted by atomic mass is 32.1. The summed E-state index contributed by atoms with van der Waals surface area (Å²) in [6, 6.07) is 4.11. The zero-order valence-corrected chi connectivity index (χ0v) is 9.52. The van der Waals surface area contributed by atoms with Crippen LogP contribution in [-0.2, 0) is 0 Å². The summed E-state index contributed by atoms with van der Waals surface area (Å²) in [6.07, 6.45) is 4.31. The lowest BCUT2D eigenvalue weighted by Crippen LogP contribution is -1.91. The van der Waals surface area contributed by atoms with E-state index in [1.54, 1.807) is 11.6 Å². The Kier molecular flexibility index (Phi) is 3.20. The number of allylic oxidation sites excluding steroid dienone is 1. The molecule has 0 radical (unpaired) electrons. The van der Waals surface area contributed by atoms with Crippen LogP contribution in [0, 0.1) is 0 Å². The number of rotatable bonds is 3. The van der Waals surface area contributed by atoms with Gasteiger partial charge in [-0.3, -0.25) is 4.79 Å². The first-order chi connectivity index (χ1) is 8.16. The number of carbonyl (C=O) groups is 1. The van der Waals surface area contributed by atoms with Crippen molar-refractivity contribution < 1.29 is 15.0 Å². The van der Waals surface area contributed by atoms with Crippen molar-refractivity contribution in [2.24, 2.45) is 0 Å². The second-order valence-corrected chi connectivity index (χ2v) is 4.17. The fourth-order valence-corrected chi connectivity index (χ4v) is 1.81. The summed E-state index contributed by atoms with van der Waals surface area (Å²) >= 11 is 1.25. The van der Waals surface area contributed by atoms with Gasteiger partial charge in [0.05, 0.1) is 0 Å². The average molecular weight is 247 g/mol. The molecule has 0 spiro atoms. The SMILES string of the molecule is O=C(/C=C/c1cc(O)ccc1O)c1nccs1. The Balaban J connectivity index is 2.21. The number of phenolic OH excluding ortho intramolecular Hbond substituents is 2. The summed E-state index contributed by atoms with van der Waals surface area (Å²) in [5.41, 5.74) is 0.384. The van der Waals surface area contributed by atoms with Crippen LogP contribution in [0.3, 0.4) is 0 Å². The van der Waals surface area contributed by atoms with Crippen LogP contribution in [0.4, 0.5) is 0 Å². The Morgan fingerprint density at radius 1 is 1.35 bits per heavy atom. The van der Waals surface area contributed by atoms with Gasteiger partial charge in [0.15, 0.2) is 5.01 Å². The number of thiazole rings is 1. The lowest BCUT2D eigenvalue weighted by atomic mass is 10.1. The smallest absolute Gasteiger partial charge is 0.214 e. The molecule has 1 aromatic carbocycles. The van der Waals surface area contributed by atoms with Crippen molar-refractivity contribution in [2.45, 2.75) is 0 Å². The third kappa shape index (κ3) is 2.70. The molecule has 0 amide bonds. The number of hydrogen-bond donors (Lipinski definition) is 2. The van der Waals surface area contributed by atoms with E-state index < -0.39 is 0 Å². The molecule has 0 fully saturated rings. The van der Waals surface area contributed by atoms with Crippen molar-refractivity contribution in [2.75, 3.05) is 0 Å². The Morgan fingerprint density at radius 3 is 2.88 bits per heavy atom. The predicted molar refractivity (Wildman–Crippen MR) is 65.3 cm³/mol. The van der Waals surface area contributed by atoms with Gasteiger partial charge in [-0.25, -0.2) is 4.98 Å². The third-order valence-electron chi connectivity index (χ3n) is 2.07. The quantitative estimate of drug-likeness (QED) is 0.496. The van der Waals surface area contributed by atoms with Gasteiger partial charge in [-0.1, -0.05) is 0 Å². The van der Waals surface area contributed by atoms with Crippen molar-refractivity contribution in [1.82, 2.24) is 4.98 Å². The number of aromatic hydroxyl groups is 2. The molecule has 0 bridgehead atoms. The van der Waals surface area contributed by atoms with E-state index in [2.05, 4.69) is 4.98 Å². The minimum atomic E-state index is -0.234. The fraction of sp³-hybridized carbons (Fsp3) is 0. The van der Waals surface area contributed by atoms with Gasteiger partial charge in [0, 0.05) is 17.1 Å². The van der Waals surface area contributed by atoms with Crippen LogP contribution < -0.4 is 0 Å². The second kappa shape index (κ2) is 4.80. The molecule has 0 aliphatic carbocycles. The second-order valence-electron chi connectivity index (χ2n) is 3.28. The number of nitrogens with zero attached hydrogens (tertiary/aromatic N) is 1. The van der Waals surface area contributed by atoms with Crippen LogP contribution in [-0.4, -0.2) is 21.0 Å². The van der Waals surface area contributed by atoms with Gasteiger partial charge in [0.2, 0.25) is 5.78 Å². The number of carbonyl (C=O) groups excluding carboxylic acids is 1. The van der Waals surface area contributed by atoms with Crippen molar-refractivity contribution in [1.29, 1.82) is 0 Å². The maximum atomic E-state index is 11.6. The molecule has 2 aromatic rings. The molecule has 0 saturated heterocycles. The van der Waals surface area contributed by atoms with Gasteiger partial charge in [-0.05, 0) is 30.4 Å². The van der Waals surface area contributed by atoms with Crippen molar-refractivity contribution >= 4 is 23.2 Å². The average Bonchev–Trinajstić information content (AvgIpc) is 2.83. The summed E-state index contributed by atoms with van der Waals surface area (Å²) in [5.74, 6) is -0.196. The molecular formula is C12H9NO3S. The van der Waals surface area contributed by atoms with Crippen LogP contribution in [0.1, 0.15) is 15.4 Å². The molecule has 0 atom stereocenters. The first-order valence-electron chi connectivity index (χ1n) is 4.81. The van der Waals surface area contributed by atoms with Crippen molar-refractivity contribution in [3.8, 4) is 11.5 Å². The van der Waals surface area contributed by atoms with Gasteiger partial charge < -0.3 is 10.2 Å². The van der Waals surface area contributed by atoms with Gasteiger partial charge in [-0.15, -0.1) is 11.3 Å². The molecule has 5 heteroatoms. The van der Waals surface area contributed by atoms with E-state index in [1.807, 2.05) is 0 Å². The molecule has 0 aliphatic heterocycles. The highest BCUT2D eigenvalue weighted by molar-refractivity contribution is 7.11. The number of phenols is 2. The number of ketones is 1. The molecule has 4 nitrogen and oxygen atoms in total. The van der Waals surface area contributed by atoms with E-state index in [0.717, 1.165) is 0 Å². The summed E-state index contributed by atoms with van der Waals surface area (Å²) in [4.78, 5) is 15.5. The molecular weight excluding hydrogens is 238 g/mol. The van der Waals surface area contributed by atoms with Crippen molar-refractivity contribution in [3.05, 3.63) is 46.4 Å². The highest BCUT2D eigenvalue weighted by Crippen LogP contribution is 2.23. The predicted octanol–water partition coefficient (Wildman–Crippen LogP) is 2.45. The molecule has 2 N–H and O–H groups in total. The monoisotopic (exact) mass is 247 g/mol. The Labute approximate surface area is 102 Å². The molecule has 0 saturated carbocycles. The van der Waals surface area contributed by atoms with Gasteiger partial charge in [0.25, 0.3) is 0 Å². The maximum absolute atomic E-state index is 11.6. The topological polar surface area (TPSA) is 70.4 Å². The molecule has 0 unspecified atom stereocenters. The molecule has 1 aromatic heterocycles. The lowest BCUT2D eigenvalue weighted by Gasteiger charge is -1.98. The summed E-state index contributed by atoms with van der Waals surface area (Å²) < 4.78 is 0.